The number of aromatic nitrogens is 2. The average Bonchev–Trinajstić information content (AvgIpc) is 2.79. The van der Waals surface area contributed by atoms with Gasteiger partial charge in [-0.3, -0.25) is 4.79 Å². The Morgan fingerprint density at radius 3 is 2.82 bits per heavy atom. The first kappa shape index (κ1) is 23.1. The first-order chi connectivity index (χ1) is 15.9. The standard InChI is InChI=1S/C25H20BrClFN3O2/c1-2-4-24-30-22-9-7-18(26)13-21(22)25(32)31(24)29-14-17-12-19(27)8-10-23(17)33-15-16-5-3-6-20(28)11-16/h3,5-14H,2,4,15H2,1H3. The van der Waals surface area contributed by atoms with Gasteiger partial charge in [-0.05, 0) is 60.5 Å². The van der Waals surface area contributed by atoms with Gasteiger partial charge in [-0.2, -0.15) is 9.78 Å². The fourth-order valence-corrected chi connectivity index (χ4v) is 3.90. The maximum absolute atomic E-state index is 13.5. The molecule has 0 bridgehead atoms. The molecule has 0 saturated carbocycles. The van der Waals surface area contributed by atoms with E-state index in [1.54, 1.807) is 36.4 Å². The second kappa shape index (κ2) is 10.3. The zero-order valence-electron chi connectivity index (χ0n) is 17.8. The van der Waals surface area contributed by atoms with Crippen LogP contribution in [0.5, 0.6) is 5.75 Å². The van der Waals surface area contributed by atoms with Crippen LogP contribution >= 0.6 is 27.5 Å². The Balaban J connectivity index is 1.71. The van der Waals surface area contributed by atoms with Crippen LogP contribution in [0.3, 0.4) is 0 Å². The highest BCUT2D eigenvalue weighted by Crippen LogP contribution is 2.23. The highest BCUT2D eigenvalue weighted by atomic mass is 79.9. The number of nitrogens with zero attached hydrogens (tertiary/aromatic N) is 3. The normalized spacial score (nSPS) is 11.4. The molecular weight excluding hydrogens is 509 g/mol. The summed E-state index contributed by atoms with van der Waals surface area (Å²) in [6.07, 6.45) is 2.93. The van der Waals surface area contributed by atoms with E-state index in [1.165, 1.54) is 23.0 Å². The van der Waals surface area contributed by atoms with Crippen LogP contribution in [-0.4, -0.2) is 15.9 Å². The lowest BCUT2D eigenvalue weighted by Crippen LogP contribution is -2.22. The molecule has 0 saturated heterocycles. The summed E-state index contributed by atoms with van der Waals surface area (Å²) in [4.78, 5) is 17.8. The molecular formula is C25H20BrClFN3O2. The molecule has 3 aromatic carbocycles. The molecule has 33 heavy (non-hydrogen) atoms. The summed E-state index contributed by atoms with van der Waals surface area (Å²) >= 11 is 9.60. The number of ether oxygens (including phenoxy) is 1. The van der Waals surface area contributed by atoms with Gasteiger partial charge in [0.05, 0.1) is 17.1 Å². The molecule has 0 fully saturated rings. The van der Waals surface area contributed by atoms with E-state index in [2.05, 4.69) is 26.0 Å². The van der Waals surface area contributed by atoms with Crippen LogP contribution in [0, 0.1) is 5.82 Å². The fourth-order valence-electron chi connectivity index (χ4n) is 3.36. The van der Waals surface area contributed by atoms with Gasteiger partial charge in [0.1, 0.15) is 24.0 Å². The summed E-state index contributed by atoms with van der Waals surface area (Å²) in [6.45, 7) is 2.19. The number of halogens is 3. The summed E-state index contributed by atoms with van der Waals surface area (Å²) in [5, 5.41) is 5.41. The summed E-state index contributed by atoms with van der Waals surface area (Å²) in [5.74, 6) is 0.749. The van der Waals surface area contributed by atoms with Crippen molar-refractivity contribution in [1.29, 1.82) is 0 Å². The molecule has 0 spiro atoms. The molecule has 0 amide bonds. The monoisotopic (exact) mass is 527 g/mol. The van der Waals surface area contributed by atoms with Gasteiger partial charge in [0.15, 0.2) is 0 Å². The predicted octanol–water partition coefficient (Wildman–Crippen LogP) is 6.37. The maximum atomic E-state index is 13.5. The van der Waals surface area contributed by atoms with E-state index in [9.17, 15) is 9.18 Å². The van der Waals surface area contributed by atoms with Gasteiger partial charge in [0.2, 0.25) is 0 Å². The number of hydrogen-bond donors (Lipinski definition) is 0. The van der Waals surface area contributed by atoms with Crippen molar-refractivity contribution < 1.29 is 9.13 Å². The van der Waals surface area contributed by atoms with E-state index in [1.807, 2.05) is 19.1 Å². The van der Waals surface area contributed by atoms with Gasteiger partial charge in [-0.25, -0.2) is 9.37 Å². The van der Waals surface area contributed by atoms with Crippen molar-refractivity contribution in [2.45, 2.75) is 26.4 Å². The third-order valence-electron chi connectivity index (χ3n) is 4.92. The van der Waals surface area contributed by atoms with E-state index in [4.69, 9.17) is 16.3 Å². The zero-order chi connectivity index (χ0) is 23.4. The average molecular weight is 529 g/mol. The summed E-state index contributed by atoms with van der Waals surface area (Å²) in [7, 11) is 0. The molecule has 0 aliphatic carbocycles. The predicted molar refractivity (Wildman–Crippen MR) is 133 cm³/mol. The van der Waals surface area contributed by atoms with Crippen molar-refractivity contribution in [2.24, 2.45) is 5.10 Å². The SMILES string of the molecule is CCCc1nc2ccc(Br)cc2c(=O)n1N=Cc1cc(Cl)ccc1OCc1cccc(F)c1. The number of benzene rings is 3. The smallest absolute Gasteiger partial charge is 0.282 e. The molecule has 4 aromatic rings. The van der Waals surface area contributed by atoms with Crippen molar-refractivity contribution in [3.63, 3.8) is 0 Å². The minimum absolute atomic E-state index is 0.173. The quantitative estimate of drug-likeness (QED) is 0.262. The van der Waals surface area contributed by atoms with E-state index in [-0.39, 0.29) is 18.0 Å². The summed E-state index contributed by atoms with van der Waals surface area (Å²) < 4.78 is 21.5. The Labute approximate surface area is 203 Å². The Morgan fingerprint density at radius 1 is 1.18 bits per heavy atom. The van der Waals surface area contributed by atoms with Crippen molar-refractivity contribution in [1.82, 2.24) is 9.66 Å². The van der Waals surface area contributed by atoms with Gasteiger partial charge in [0, 0.05) is 21.5 Å². The number of hydrogen-bond acceptors (Lipinski definition) is 4. The first-order valence-corrected chi connectivity index (χ1v) is 11.5. The third-order valence-corrected chi connectivity index (χ3v) is 5.64. The van der Waals surface area contributed by atoms with Gasteiger partial charge in [-0.1, -0.05) is 46.6 Å². The molecule has 8 heteroatoms. The Kier molecular flexibility index (Phi) is 7.20. The van der Waals surface area contributed by atoms with Gasteiger partial charge in [-0.15, -0.1) is 0 Å². The van der Waals surface area contributed by atoms with Gasteiger partial charge in [0.25, 0.3) is 5.56 Å². The molecule has 0 aliphatic rings. The van der Waals surface area contributed by atoms with Crippen LogP contribution in [0.1, 0.15) is 30.3 Å². The summed E-state index contributed by atoms with van der Waals surface area (Å²) in [6, 6.07) is 16.7. The molecule has 0 atom stereocenters. The number of aryl methyl sites for hydroxylation is 1. The Bertz CT molecular complexity index is 1400. The third kappa shape index (κ3) is 5.49. The van der Waals surface area contributed by atoms with Crippen molar-refractivity contribution >= 4 is 44.6 Å². The van der Waals surface area contributed by atoms with Crippen molar-refractivity contribution in [2.75, 3.05) is 0 Å². The van der Waals surface area contributed by atoms with Gasteiger partial charge < -0.3 is 4.74 Å². The first-order valence-electron chi connectivity index (χ1n) is 10.4. The van der Waals surface area contributed by atoms with Crippen molar-refractivity contribution in [3.8, 4) is 5.75 Å². The van der Waals surface area contributed by atoms with E-state index < -0.39 is 0 Å². The molecule has 0 unspecified atom stereocenters. The lowest BCUT2D eigenvalue weighted by molar-refractivity contribution is 0.305. The number of fused-ring (bicyclic) bond motifs is 1. The highest BCUT2D eigenvalue weighted by Gasteiger charge is 2.11. The molecule has 168 valence electrons. The highest BCUT2D eigenvalue weighted by molar-refractivity contribution is 9.10. The topological polar surface area (TPSA) is 56.5 Å². The molecule has 0 N–H and O–H groups in total. The van der Waals surface area contributed by atoms with Crippen LogP contribution < -0.4 is 10.3 Å². The van der Waals surface area contributed by atoms with Crippen LogP contribution in [-0.2, 0) is 13.0 Å². The molecule has 1 heterocycles. The van der Waals surface area contributed by atoms with Crippen LogP contribution in [0.2, 0.25) is 5.02 Å². The van der Waals surface area contributed by atoms with E-state index >= 15 is 0 Å². The Morgan fingerprint density at radius 2 is 2.03 bits per heavy atom. The molecule has 4 rings (SSSR count). The van der Waals surface area contributed by atoms with Crippen LogP contribution in [0.4, 0.5) is 4.39 Å². The molecule has 5 nitrogen and oxygen atoms in total. The lowest BCUT2D eigenvalue weighted by Gasteiger charge is -2.11. The minimum atomic E-state index is -0.327. The van der Waals surface area contributed by atoms with Crippen LogP contribution in [0.15, 0.2) is 75.0 Å². The van der Waals surface area contributed by atoms with E-state index in [0.29, 0.717) is 45.0 Å². The maximum Gasteiger partial charge on any atom is 0.282 e. The Hall–Kier alpha value is -3.03. The molecule has 0 aliphatic heterocycles. The zero-order valence-corrected chi connectivity index (χ0v) is 20.1. The van der Waals surface area contributed by atoms with Crippen molar-refractivity contribution in [3.05, 3.63) is 103 Å². The molecule has 0 radical (unpaired) electrons. The minimum Gasteiger partial charge on any atom is -0.488 e. The lowest BCUT2D eigenvalue weighted by atomic mass is 10.2. The van der Waals surface area contributed by atoms with Gasteiger partial charge >= 0.3 is 0 Å². The van der Waals surface area contributed by atoms with E-state index in [0.717, 1.165) is 10.9 Å². The fraction of sp³-hybridized carbons (Fsp3) is 0.160. The largest absolute Gasteiger partial charge is 0.488 e. The second-order valence-corrected chi connectivity index (χ2v) is 8.75. The summed E-state index contributed by atoms with van der Waals surface area (Å²) in [5.41, 5.74) is 1.64. The van der Waals surface area contributed by atoms with Crippen LogP contribution in [0.25, 0.3) is 10.9 Å². The second-order valence-electron chi connectivity index (χ2n) is 7.40. The molecule has 1 aromatic heterocycles. The number of rotatable bonds is 7.